The Kier molecular flexibility index (Phi) is 10.1. The molecule has 0 bridgehead atoms. The summed E-state index contributed by atoms with van der Waals surface area (Å²) in [6, 6.07) is 13.3. The second-order valence-electron chi connectivity index (χ2n) is 7.20. The van der Waals surface area contributed by atoms with Crippen molar-refractivity contribution in [3.05, 3.63) is 59.2 Å². The number of hydrogen-bond donors (Lipinski definition) is 2. The first kappa shape index (κ1) is 25.8. The van der Waals surface area contributed by atoms with Crippen molar-refractivity contribution < 1.29 is 9.59 Å². The zero-order chi connectivity index (χ0) is 20.1. The highest BCUT2D eigenvalue weighted by molar-refractivity contribution is 5.96. The second-order valence-corrected chi connectivity index (χ2v) is 7.20. The van der Waals surface area contributed by atoms with Crippen LogP contribution in [0.15, 0.2) is 42.5 Å². The van der Waals surface area contributed by atoms with Gasteiger partial charge < -0.3 is 16.0 Å². The first-order valence-corrected chi connectivity index (χ1v) is 9.73. The Bertz CT molecular complexity index is 868. The van der Waals surface area contributed by atoms with E-state index in [4.69, 9.17) is 5.73 Å². The third-order valence-electron chi connectivity index (χ3n) is 5.19. The molecule has 1 heterocycles. The predicted molar refractivity (Wildman–Crippen MR) is 127 cm³/mol. The van der Waals surface area contributed by atoms with Crippen LogP contribution < -0.4 is 11.1 Å². The van der Waals surface area contributed by atoms with Gasteiger partial charge >= 0.3 is 0 Å². The quantitative estimate of drug-likeness (QED) is 0.681. The van der Waals surface area contributed by atoms with Crippen LogP contribution in [0.25, 0.3) is 0 Å². The first-order valence-electron chi connectivity index (χ1n) is 9.73. The Morgan fingerprint density at radius 2 is 1.70 bits per heavy atom. The van der Waals surface area contributed by atoms with Crippen LogP contribution in [-0.2, 0) is 11.2 Å². The topological polar surface area (TPSA) is 78.7 Å². The number of piperazine rings is 1. The minimum Gasteiger partial charge on any atom is -0.399 e. The normalized spacial score (nSPS) is 13.7. The Balaban J connectivity index is 0.00000225. The molecule has 3 rings (SSSR count). The lowest BCUT2D eigenvalue weighted by atomic mass is 10.1. The van der Waals surface area contributed by atoms with Crippen LogP contribution in [0.2, 0.25) is 0 Å². The molecule has 0 aliphatic carbocycles. The summed E-state index contributed by atoms with van der Waals surface area (Å²) >= 11 is 0. The molecule has 0 radical (unpaired) electrons. The van der Waals surface area contributed by atoms with Crippen molar-refractivity contribution in [2.45, 2.75) is 20.3 Å². The Morgan fingerprint density at radius 3 is 2.37 bits per heavy atom. The zero-order valence-corrected chi connectivity index (χ0v) is 19.0. The van der Waals surface area contributed by atoms with Gasteiger partial charge in [0, 0.05) is 43.1 Å². The van der Waals surface area contributed by atoms with Gasteiger partial charge in [-0.25, -0.2) is 0 Å². The molecule has 6 nitrogen and oxygen atoms in total. The van der Waals surface area contributed by atoms with Crippen molar-refractivity contribution in [1.29, 1.82) is 0 Å². The monoisotopic (exact) mass is 452 g/mol. The molecule has 2 aromatic rings. The number of benzene rings is 2. The standard InChI is InChI=1S/C22H28N4O2.2ClH/c1-3-17-6-4-5-7-20(17)24-21(27)15-25-10-12-26(13-11-25)22(28)19-14-18(23)9-8-16(19)2;;/h4-9,14H,3,10-13,15,23H2,1-2H3,(H,24,27);2*1H. The zero-order valence-electron chi connectivity index (χ0n) is 17.4. The fourth-order valence-corrected chi connectivity index (χ4v) is 3.49. The first-order chi connectivity index (χ1) is 13.5. The van der Waals surface area contributed by atoms with Crippen LogP contribution in [0.5, 0.6) is 0 Å². The van der Waals surface area contributed by atoms with E-state index < -0.39 is 0 Å². The van der Waals surface area contributed by atoms with Gasteiger partial charge in [0.1, 0.15) is 0 Å². The molecule has 0 saturated carbocycles. The van der Waals surface area contributed by atoms with Crippen molar-refractivity contribution in [1.82, 2.24) is 9.80 Å². The van der Waals surface area contributed by atoms with Gasteiger partial charge in [-0.2, -0.15) is 0 Å². The van der Waals surface area contributed by atoms with Crippen LogP contribution in [-0.4, -0.2) is 54.3 Å². The molecule has 1 aliphatic heterocycles. The van der Waals surface area contributed by atoms with Gasteiger partial charge in [0.2, 0.25) is 5.91 Å². The molecule has 1 saturated heterocycles. The number of anilines is 2. The highest BCUT2D eigenvalue weighted by Crippen LogP contribution is 2.17. The SMILES string of the molecule is CCc1ccccc1NC(=O)CN1CCN(C(=O)c2cc(N)ccc2C)CC1.Cl.Cl. The molecular weight excluding hydrogens is 423 g/mol. The number of hydrogen-bond acceptors (Lipinski definition) is 4. The molecular formula is C22H30Cl2N4O2. The van der Waals surface area contributed by atoms with Gasteiger partial charge in [-0.1, -0.05) is 31.2 Å². The van der Waals surface area contributed by atoms with E-state index in [0.717, 1.165) is 23.2 Å². The van der Waals surface area contributed by atoms with E-state index in [1.165, 1.54) is 0 Å². The second kappa shape index (κ2) is 11.8. The fourth-order valence-electron chi connectivity index (χ4n) is 3.49. The number of nitrogens with one attached hydrogen (secondary N) is 1. The summed E-state index contributed by atoms with van der Waals surface area (Å²) in [5.41, 5.74) is 10.0. The van der Waals surface area contributed by atoms with Crippen molar-refractivity contribution in [2.75, 3.05) is 43.8 Å². The number of carbonyl (C=O) groups excluding carboxylic acids is 2. The number of carbonyl (C=O) groups is 2. The average molecular weight is 453 g/mol. The lowest BCUT2D eigenvalue weighted by Gasteiger charge is -2.34. The van der Waals surface area contributed by atoms with Crippen LogP contribution in [0.3, 0.4) is 0 Å². The van der Waals surface area contributed by atoms with E-state index >= 15 is 0 Å². The maximum atomic E-state index is 12.8. The molecule has 0 aromatic heterocycles. The molecule has 3 N–H and O–H groups in total. The number of amides is 2. The summed E-state index contributed by atoms with van der Waals surface area (Å²) < 4.78 is 0. The highest BCUT2D eigenvalue weighted by atomic mass is 35.5. The summed E-state index contributed by atoms with van der Waals surface area (Å²) in [6.07, 6.45) is 0.876. The molecule has 1 fully saturated rings. The van der Waals surface area contributed by atoms with Crippen LogP contribution in [0.1, 0.15) is 28.4 Å². The van der Waals surface area contributed by atoms with Crippen molar-refractivity contribution >= 4 is 48.0 Å². The molecule has 30 heavy (non-hydrogen) atoms. The van der Waals surface area contributed by atoms with E-state index in [0.29, 0.717) is 44.0 Å². The largest absolute Gasteiger partial charge is 0.399 e. The number of halogens is 2. The minimum absolute atomic E-state index is 0. The predicted octanol–water partition coefficient (Wildman–Crippen LogP) is 3.38. The Labute approximate surface area is 190 Å². The number of nitrogens with two attached hydrogens (primary N) is 1. The van der Waals surface area contributed by atoms with E-state index in [1.54, 1.807) is 12.1 Å². The molecule has 2 amide bonds. The van der Waals surface area contributed by atoms with Crippen molar-refractivity contribution in [2.24, 2.45) is 0 Å². The van der Waals surface area contributed by atoms with Gasteiger partial charge in [0.25, 0.3) is 5.91 Å². The molecule has 8 heteroatoms. The van der Waals surface area contributed by atoms with Gasteiger partial charge in [0.15, 0.2) is 0 Å². The fraction of sp³-hybridized carbons (Fsp3) is 0.364. The minimum atomic E-state index is -0.0210. The maximum Gasteiger partial charge on any atom is 0.254 e. The smallest absolute Gasteiger partial charge is 0.254 e. The Hall–Kier alpha value is -2.28. The Morgan fingerprint density at radius 1 is 1.03 bits per heavy atom. The summed E-state index contributed by atoms with van der Waals surface area (Å²) in [5, 5.41) is 3.01. The third-order valence-corrected chi connectivity index (χ3v) is 5.19. The van der Waals surface area contributed by atoms with Crippen LogP contribution in [0, 0.1) is 6.92 Å². The van der Waals surface area contributed by atoms with Gasteiger partial charge in [-0.15, -0.1) is 24.8 Å². The molecule has 1 aliphatic rings. The molecule has 0 spiro atoms. The highest BCUT2D eigenvalue weighted by Gasteiger charge is 2.24. The number of nitrogen functional groups attached to an aromatic ring is 1. The van der Waals surface area contributed by atoms with E-state index in [9.17, 15) is 9.59 Å². The summed E-state index contributed by atoms with van der Waals surface area (Å²) in [5.74, 6) is -0.0156. The lowest BCUT2D eigenvalue weighted by molar-refractivity contribution is -0.117. The number of aryl methyl sites for hydroxylation is 2. The van der Waals surface area contributed by atoms with Crippen LogP contribution >= 0.6 is 24.8 Å². The summed E-state index contributed by atoms with van der Waals surface area (Å²) in [4.78, 5) is 29.1. The molecule has 2 aromatic carbocycles. The molecule has 0 unspecified atom stereocenters. The van der Waals surface area contributed by atoms with Crippen molar-refractivity contribution in [3.63, 3.8) is 0 Å². The summed E-state index contributed by atoms with van der Waals surface area (Å²) in [6.45, 7) is 6.88. The number of para-hydroxylation sites is 1. The molecule has 164 valence electrons. The molecule has 0 atom stereocenters. The third kappa shape index (κ3) is 6.36. The lowest BCUT2D eigenvalue weighted by Crippen LogP contribution is -2.50. The van der Waals surface area contributed by atoms with E-state index in [-0.39, 0.29) is 36.6 Å². The van der Waals surface area contributed by atoms with Crippen LogP contribution in [0.4, 0.5) is 11.4 Å². The number of rotatable bonds is 5. The van der Waals surface area contributed by atoms with Gasteiger partial charge in [0.05, 0.1) is 6.54 Å². The number of nitrogens with zero attached hydrogens (tertiary/aromatic N) is 2. The maximum absolute atomic E-state index is 12.8. The van der Waals surface area contributed by atoms with Gasteiger partial charge in [-0.3, -0.25) is 14.5 Å². The average Bonchev–Trinajstić information content (AvgIpc) is 2.70. The van der Waals surface area contributed by atoms with E-state index in [1.807, 2.05) is 42.2 Å². The summed E-state index contributed by atoms with van der Waals surface area (Å²) in [7, 11) is 0. The van der Waals surface area contributed by atoms with E-state index in [2.05, 4.69) is 17.1 Å². The van der Waals surface area contributed by atoms with Gasteiger partial charge in [-0.05, 0) is 42.7 Å². The van der Waals surface area contributed by atoms with Crippen molar-refractivity contribution in [3.8, 4) is 0 Å².